The van der Waals surface area contributed by atoms with E-state index < -0.39 is 10.0 Å². The van der Waals surface area contributed by atoms with Gasteiger partial charge in [-0.05, 0) is 93.2 Å². The van der Waals surface area contributed by atoms with Crippen molar-refractivity contribution in [2.24, 2.45) is 16.8 Å². The minimum atomic E-state index is -4.19. The Labute approximate surface area is 317 Å². The second kappa shape index (κ2) is 14.1. The van der Waals surface area contributed by atoms with Gasteiger partial charge in [-0.3, -0.25) is 4.79 Å². The lowest BCUT2D eigenvalue weighted by atomic mass is 9.89. The van der Waals surface area contributed by atoms with Gasteiger partial charge in [0.1, 0.15) is 23.1 Å². The second-order valence-electron chi connectivity index (χ2n) is 16.4. The average Bonchev–Trinajstić information content (AvgIpc) is 3.87. The predicted molar refractivity (Wildman–Crippen MR) is 208 cm³/mol. The van der Waals surface area contributed by atoms with Crippen molar-refractivity contribution in [1.29, 1.82) is 0 Å². The van der Waals surface area contributed by atoms with Gasteiger partial charge in [0.15, 0.2) is 0 Å². The Morgan fingerprint density at radius 2 is 1.69 bits per heavy atom. The largest absolute Gasteiger partial charge is 0.475 e. The van der Waals surface area contributed by atoms with Crippen molar-refractivity contribution in [3.63, 3.8) is 0 Å². The first-order chi connectivity index (χ1) is 25.8. The normalized spacial score (nSPS) is 25.0. The highest BCUT2D eigenvalue weighted by Gasteiger charge is 2.43. The fourth-order valence-corrected chi connectivity index (χ4v) is 9.23. The Morgan fingerprint density at radius 1 is 0.926 bits per heavy atom. The molecule has 1 amide bonds. The van der Waals surface area contributed by atoms with E-state index in [0.717, 1.165) is 77.4 Å². The number of carbonyl (C=O) groups excluding carboxylic acids is 1. The van der Waals surface area contributed by atoms with E-state index >= 15 is 4.79 Å². The first kappa shape index (κ1) is 36.2. The van der Waals surface area contributed by atoms with Crippen LogP contribution < -0.4 is 20.2 Å². The first-order valence-corrected chi connectivity index (χ1v) is 20.8. The number of hydrogen-bond acceptors (Lipinski definition) is 8. The molecule has 5 heterocycles. The predicted octanol–water partition coefficient (Wildman–Crippen LogP) is 7.40. The van der Waals surface area contributed by atoms with Crippen LogP contribution in [0, 0.1) is 25.7 Å². The maximum Gasteiger partial charge on any atom is 0.264 e. The standard InChI is InChI=1S/C43H49N5O5S/c1-26-11-8-12-27(2)40(26)34-24-39-46-42(45-34)47-54(50,51)31-15-9-14-30(22-31)41(49)48-35(17-10-13-29(21-28-19-20-28)36(48)25-52-39)32-16-6-7-18-37-33(44-32)23-38(53-37)43(3,4)5/h8-9,11-12,14-16,18,22-24,28-29,35-36H,6-7,10,13,17,19-21,25H2,1-5H3,(H,45,46,47)/b32-16-,37-18+,44-33+/t29-,35-,36-/m0/s1. The summed E-state index contributed by atoms with van der Waals surface area (Å²) in [4.78, 5) is 31.7. The van der Waals surface area contributed by atoms with Gasteiger partial charge in [-0.1, -0.05) is 70.4 Å². The molecular weight excluding hydrogens is 699 g/mol. The highest BCUT2D eigenvalue weighted by atomic mass is 32.2. The zero-order valence-electron chi connectivity index (χ0n) is 31.8. The summed E-state index contributed by atoms with van der Waals surface area (Å²) >= 11 is 0. The molecule has 2 aromatic heterocycles. The van der Waals surface area contributed by atoms with Gasteiger partial charge in [-0.15, -0.1) is 0 Å². The Morgan fingerprint density at radius 3 is 2.44 bits per heavy atom. The Hall–Kier alpha value is -4.77. The van der Waals surface area contributed by atoms with Crippen LogP contribution in [-0.4, -0.2) is 47.9 Å². The molecule has 2 aromatic carbocycles. The molecular formula is C43H49N5O5S. The van der Waals surface area contributed by atoms with E-state index in [9.17, 15) is 8.42 Å². The van der Waals surface area contributed by atoms with Crippen LogP contribution in [0.3, 0.4) is 0 Å². The summed E-state index contributed by atoms with van der Waals surface area (Å²) in [5.74, 6) is 1.56. The molecule has 3 aliphatic heterocycles. The van der Waals surface area contributed by atoms with Crippen LogP contribution in [0.2, 0.25) is 0 Å². The third-order valence-electron chi connectivity index (χ3n) is 11.2. The molecule has 4 aliphatic rings. The summed E-state index contributed by atoms with van der Waals surface area (Å²) in [5, 5.41) is 0.766. The molecule has 54 heavy (non-hydrogen) atoms. The number of sulfonamides is 1. The number of ether oxygens (including phenoxy) is 1. The number of carbonyl (C=O) groups is 1. The van der Waals surface area contributed by atoms with E-state index in [0.29, 0.717) is 17.2 Å². The van der Waals surface area contributed by atoms with E-state index in [1.807, 2.05) is 43.0 Å². The van der Waals surface area contributed by atoms with Crippen LogP contribution in [0.4, 0.5) is 5.95 Å². The molecule has 1 saturated carbocycles. The number of aromatic nitrogens is 2. The topological polar surface area (TPSA) is 127 Å². The van der Waals surface area contributed by atoms with Crippen molar-refractivity contribution in [3.8, 4) is 17.1 Å². The molecule has 0 radical (unpaired) electrons. The number of anilines is 1. The van der Waals surface area contributed by atoms with Crippen LogP contribution in [0.25, 0.3) is 17.3 Å². The third-order valence-corrected chi connectivity index (χ3v) is 12.6. The van der Waals surface area contributed by atoms with Crippen molar-refractivity contribution in [1.82, 2.24) is 14.9 Å². The van der Waals surface area contributed by atoms with Crippen molar-refractivity contribution >= 4 is 28.0 Å². The first-order valence-electron chi connectivity index (χ1n) is 19.3. The Bertz CT molecular complexity index is 2350. The van der Waals surface area contributed by atoms with Crippen LogP contribution in [-0.2, 0) is 15.4 Å². The number of aryl methyl sites for hydroxylation is 2. The molecule has 3 atom stereocenters. The summed E-state index contributed by atoms with van der Waals surface area (Å²) in [7, 11) is -4.19. The number of nitrogens with one attached hydrogen (secondary N) is 1. The van der Waals surface area contributed by atoms with Gasteiger partial charge < -0.3 is 14.1 Å². The zero-order chi connectivity index (χ0) is 37.8. The van der Waals surface area contributed by atoms with Crippen molar-refractivity contribution in [2.75, 3.05) is 11.3 Å². The summed E-state index contributed by atoms with van der Waals surface area (Å²) in [5.41, 5.74) is 5.12. The van der Waals surface area contributed by atoms with E-state index in [4.69, 9.17) is 19.1 Å². The fraction of sp³-hybridized carbons (Fsp3) is 0.442. The minimum absolute atomic E-state index is 0.0447. The highest BCUT2D eigenvalue weighted by molar-refractivity contribution is 7.92. The Balaban J connectivity index is 1.30. The van der Waals surface area contributed by atoms with Crippen LogP contribution in [0.15, 0.2) is 80.7 Å². The van der Waals surface area contributed by atoms with E-state index in [2.05, 4.69) is 42.6 Å². The quantitative estimate of drug-likeness (QED) is 0.231. The fourth-order valence-electron chi connectivity index (χ4n) is 8.24. The number of amides is 1. The van der Waals surface area contributed by atoms with Crippen molar-refractivity contribution < 1.29 is 22.4 Å². The lowest BCUT2D eigenvalue weighted by Crippen LogP contribution is -2.52. The lowest BCUT2D eigenvalue weighted by molar-refractivity contribution is 0.0418. The van der Waals surface area contributed by atoms with E-state index in [-0.39, 0.29) is 52.7 Å². The number of fused-ring (bicyclic) bond motifs is 6. The number of allylic oxidation sites excluding steroid dienone is 1. The number of benzene rings is 2. The average molecular weight is 748 g/mol. The third kappa shape index (κ3) is 7.34. The maximum atomic E-state index is 15.2. The second-order valence-corrected chi connectivity index (χ2v) is 18.1. The molecule has 0 spiro atoms. The minimum Gasteiger partial charge on any atom is -0.475 e. The van der Waals surface area contributed by atoms with Gasteiger partial charge in [0.25, 0.3) is 15.9 Å². The maximum absolute atomic E-state index is 15.2. The zero-order valence-corrected chi connectivity index (χ0v) is 32.6. The van der Waals surface area contributed by atoms with Crippen molar-refractivity contribution in [3.05, 3.63) is 99.6 Å². The molecule has 1 aliphatic carbocycles. The number of nitrogens with zero attached hydrogens (tertiary/aromatic N) is 4. The number of furan rings is 1. The molecule has 1 saturated heterocycles. The van der Waals surface area contributed by atoms with Crippen LogP contribution in [0.5, 0.6) is 5.88 Å². The number of rotatable bonds is 4. The molecule has 11 heteroatoms. The van der Waals surface area contributed by atoms with Gasteiger partial charge in [-0.2, -0.15) is 4.98 Å². The molecule has 1 N–H and O–H groups in total. The summed E-state index contributed by atoms with van der Waals surface area (Å²) in [6, 6.07) is 15.4. The molecule has 282 valence electrons. The molecule has 0 unspecified atom stereocenters. The molecule has 8 rings (SSSR count). The smallest absolute Gasteiger partial charge is 0.264 e. The van der Waals surface area contributed by atoms with Gasteiger partial charge in [0.05, 0.1) is 28.4 Å². The summed E-state index contributed by atoms with van der Waals surface area (Å²) in [6.45, 7) is 10.6. The number of hydrogen-bond donors (Lipinski definition) is 1. The van der Waals surface area contributed by atoms with E-state index in [1.165, 1.54) is 25.0 Å². The van der Waals surface area contributed by atoms with Crippen LogP contribution in [0.1, 0.15) is 99.4 Å². The lowest BCUT2D eigenvalue weighted by Gasteiger charge is -2.40. The van der Waals surface area contributed by atoms with Gasteiger partial charge in [0, 0.05) is 28.7 Å². The summed E-state index contributed by atoms with van der Waals surface area (Å²) in [6.07, 6.45) is 11.8. The molecule has 10 nitrogen and oxygen atoms in total. The SMILES string of the molecule is Cc1cccc(C)c1-c1cc2nc(n1)NS(=O)(=O)c1cccc(c1)C(=O)N1[C@H](C3=C/CC/C=c4/oc(C(C)(C)C)c/c4=N\3)CCC[C@@H](CC3CC3)[C@@H]1CO2. The van der Waals surface area contributed by atoms with Gasteiger partial charge in [0.2, 0.25) is 11.8 Å². The molecule has 4 bridgehead atoms. The van der Waals surface area contributed by atoms with E-state index in [1.54, 1.807) is 18.2 Å². The van der Waals surface area contributed by atoms with Gasteiger partial charge >= 0.3 is 0 Å². The van der Waals surface area contributed by atoms with Crippen LogP contribution >= 0.6 is 0 Å². The van der Waals surface area contributed by atoms with Crippen molar-refractivity contribution in [2.45, 2.75) is 108 Å². The summed E-state index contributed by atoms with van der Waals surface area (Å²) < 4.78 is 43.5. The molecule has 4 aromatic rings. The highest BCUT2D eigenvalue weighted by Crippen LogP contribution is 2.42. The molecule has 2 fully saturated rings. The van der Waals surface area contributed by atoms with Gasteiger partial charge in [-0.25, -0.2) is 23.1 Å². The Kier molecular flexibility index (Phi) is 9.48. The monoisotopic (exact) mass is 747 g/mol.